The summed E-state index contributed by atoms with van der Waals surface area (Å²) in [4.78, 5) is 33.5. The topological polar surface area (TPSA) is 95.7 Å². The Morgan fingerprint density at radius 1 is 1.29 bits per heavy atom. The van der Waals surface area contributed by atoms with E-state index in [4.69, 9.17) is 4.74 Å². The number of nitrogens with zero attached hydrogens (tertiary/aromatic N) is 1. The van der Waals surface area contributed by atoms with Crippen LogP contribution in [-0.2, 0) is 20.7 Å². The Kier molecular flexibility index (Phi) is 5.02. The lowest BCUT2D eigenvalue weighted by Gasteiger charge is -2.19. The Balaban J connectivity index is 3.11. The van der Waals surface area contributed by atoms with Gasteiger partial charge in [0.1, 0.15) is 5.60 Å². The van der Waals surface area contributed by atoms with Gasteiger partial charge >= 0.3 is 11.9 Å². The fourth-order valence-electron chi connectivity index (χ4n) is 1.57. The van der Waals surface area contributed by atoms with E-state index in [-0.39, 0.29) is 23.2 Å². The number of nitro groups is 1. The molecule has 1 aromatic rings. The minimum absolute atomic E-state index is 0.0604. The van der Waals surface area contributed by atoms with E-state index in [1.165, 1.54) is 19.2 Å². The third-order valence-electron chi connectivity index (χ3n) is 2.48. The van der Waals surface area contributed by atoms with Crippen LogP contribution in [0.1, 0.15) is 36.7 Å². The smallest absolute Gasteiger partial charge is 0.338 e. The van der Waals surface area contributed by atoms with Crippen molar-refractivity contribution < 1.29 is 24.0 Å². The van der Waals surface area contributed by atoms with Gasteiger partial charge in [-0.25, -0.2) is 4.79 Å². The first-order valence-corrected chi connectivity index (χ1v) is 6.21. The van der Waals surface area contributed by atoms with Crippen LogP contribution in [0.3, 0.4) is 0 Å². The zero-order chi connectivity index (χ0) is 16.2. The molecule has 0 aliphatic heterocycles. The second-order valence-corrected chi connectivity index (χ2v) is 5.36. The number of benzene rings is 1. The predicted molar refractivity (Wildman–Crippen MR) is 74.0 cm³/mol. The van der Waals surface area contributed by atoms with Crippen LogP contribution < -0.4 is 0 Å². The quantitative estimate of drug-likeness (QED) is 0.480. The molecule has 0 heterocycles. The molecule has 0 aromatic heterocycles. The first-order chi connectivity index (χ1) is 9.64. The highest BCUT2D eigenvalue weighted by Crippen LogP contribution is 2.23. The highest BCUT2D eigenvalue weighted by molar-refractivity contribution is 5.91. The van der Waals surface area contributed by atoms with Crippen LogP contribution in [0, 0.1) is 10.1 Å². The van der Waals surface area contributed by atoms with E-state index in [0.717, 1.165) is 6.07 Å². The largest absolute Gasteiger partial charge is 0.469 e. The van der Waals surface area contributed by atoms with Crippen LogP contribution in [-0.4, -0.2) is 29.6 Å². The number of hydrogen-bond donors (Lipinski definition) is 0. The first-order valence-electron chi connectivity index (χ1n) is 6.21. The molecule has 0 amide bonds. The molecule has 7 nitrogen and oxygen atoms in total. The van der Waals surface area contributed by atoms with Crippen molar-refractivity contribution in [3.63, 3.8) is 0 Å². The maximum Gasteiger partial charge on any atom is 0.338 e. The maximum atomic E-state index is 11.9. The molecule has 0 aliphatic rings. The molecule has 1 aromatic carbocycles. The predicted octanol–water partition coefficient (Wildman–Crippen LogP) is 2.27. The van der Waals surface area contributed by atoms with Crippen molar-refractivity contribution in [2.45, 2.75) is 32.8 Å². The molecule has 114 valence electrons. The Morgan fingerprint density at radius 2 is 1.90 bits per heavy atom. The van der Waals surface area contributed by atoms with Gasteiger partial charge in [-0.15, -0.1) is 0 Å². The summed E-state index contributed by atoms with van der Waals surface area (Å²) in [5, 5.41) is 11.1. The van der Waals surface area contributed by atoms with Crippen LogP contribution >= 0.6 is 0 Å². The standard InChI is InChI=1S/C14H17NO6/c1-14(2,3)21-13(17)10-6-5-9(8-12(16)20-4)11(7-10)15(18)19/h5-7H,8H2,1-4H3. The number of hydrogen-bond acceptors (Lipinski definition) is 6. The Labute approximate surface area is 122 Å². The number of carbonyl (C=O) groups is 2. The van der Waals surface area contributed by atoms with Gasteiger partial charge in [0.25, 0.3) is 5.69 Å². The molecule has 0 fully saturated rings. The molecule has 1 rings (SSSR count). The van der Waals surface area contributed by atoms with Gasteiger partial charge in [0.15, 0.2) is 0 Å². The zero-order valence-corrected chi connectivity index (χ0v) is 12.3. The van der Waals surface area contributed by atoms with Crippen molar-refractivity contribution in [2.75, 3.05) is 7.11 Å². The van der Waals surface area contributed by atoms with Gasteiger partial charge in [0.05, 0.1) is 24.0 Å². The summed E-state index contributed by atoms with van der Waals surface area (Å²) in [6.45, 7) is 5.10. The molecule has 0 unspecified atom stereocenters. The minimum atomic E-state index is -0.698. The van der Waals surface area contributed by atoms with E-state index in [0.29, 0.717) is 0 Å². The Hall–Kier alpha value is -2.44. The van der Waals surface area contributed by atoms with Gasteiger partial charge in [-0.1, -0.05) is 6.07 Å². The van der Waals surface area contributed by atoms with E-state index in [1.54, 1.807) is 20.8 Å². The van der Waals surface area contributed by atoms with Gasteiger partial charge in [-0.05, 0) is 26.8 Å². The molecule has 0 atom stereocenters. The number of rotatable bonds is 4. The van der Waals surface area contributed by atoms with E-state index >= 15 is 0 Å². The monoisotopic (exact) mass is 295 g/mol. The van der Waals surface area contributed by atoms with Crippen molar-refractivity contribution in [3.05, 3.63) is 39.4 Å². The first kappa shape index (κ1) is 16.6. The number of methoxy groups -OCH3 is 1. The second-order valence-electron chi connectivity index (χ2n) is 5.36. The third kappa shape index (κ3) is 4.87. The summed E-state index contributed by atoms with van der Waals surface area (Å²) in [7, 11) is 1.20. The summed E-state index contributed by atoms with van der Waals surface area (Å²) in [6, 6.07) is 3.85. The molecule has 0 radical (unpaired) electrons. The van der Waals surface area contributed by atoms with E-state index in [9.17, 15) is 19.7 Å². The Morgan fingerprint density at radius 3 is 2.38 bits per heavy atom. The summed E-state index contributed by atoms with van der Waals surface area (Å²) in [5.74, 6) is -1.25. The number of ether oxygens (including phenoxy) is 2. The molecule has 0 N–H and O–H groups in total. The summed E-state index contributed by atoms with van der Waals surface area (Å²) in [5.41, 5.74) is -0.774. The summed E-state index contributed by atoms with van der Waals surface area (Å²) in [6.07, 6.45) is -0.235. The molecule has 0 saturated carbocycles. The number of nitro benzene ring substituents is 1. The Bertz CT molecular complexity index is 573. The molecule has 0 bridgehead atoms. The number of esters is 2. The van der Waals surface area contributed by atoms with Crippen LogP contribution in [0.2, 0.25) is 0 Å². The van der Waals surface area contributed by atoms with Gasteiger partial charge in [-0.3, -0.25) is 14.9 Å². The lowest BCUT2D eigenvalue weighted by molar-refractivity contribution is -0.385. The van der Waals surface area contributed by atoms with Crippen molar-refractivity contribution in [3.8, 4) is 0 Å². The lowest BCUT2D eigenvalue weighted by Crippen LogP contribution is -2.24. The lowest BCUT2D eigenvalue weighted by atomic mass is 10.1. The van der Waals surface area contributed by atoms with Gasteiger partial charge in [-0.2, -0.15) is 0 Å². The van der Waals surface area contributed by atoms with Crippen LogP contribution in [0.25, 0.3) is 0 Å². The number of carbonyl (C=O) groups excluding carboxylic acids is 2. The molecule has 0 aliphatic carbocycles. The highest BCUT2D eigenvalue weighted by Gasteiger charge is 2.23. The van der Waals surface area contributed by atoms with E-state index in [1.807, 2.05) is 0 Å². The third-order valence-corrected chi connectivity index (χ3v) is 2.48. The van der Waals surface area contributed by atoms with Crippen LogP contribution in [0.5, 0.6) is 0 Å². The molecule has 0 spiro atoms. The SMILES string of the molecule is COC(=O)Cc1ccc(C(=O)OC(C)(C)C)cc1[N+](=O)[O-]. The van der Waals surface area contributed by atoms with E-state index < -0.39 is 22.5 Å². The molecular weight excluding hydrogens is 278 g/mol. The van der Waals surface area contributed by atoms with Crippen LogP contribution in [0.15, 0.2) is 18.2 Å². The fourth-order valence-corrected chi connectivity index (χ4v) is 1.57. The molecule has 0 saturated heterocycles. The van der Waals surface area contributed by atoms with Gasteiger partial charge in [0, 0.05) is 11.6 Å². The maximum absolute atomic E-state index is 11.9. The normalized spacial score (nSPS) is 10.9. The van der Waals surface area contributed by atoms with Crippen molar-refractivity contribution in [1.82, 2.24) is 0 Å². The summed E-state index contributed by atoms with van der Waals surface area (Å²) >= 11 is 0. The average Bonchev–Trinajstić information content (AvgIpc) is 2.36. The van der Waals surface area contributed by atoms with Crippen molar-refractivity contribution in [2.24, 2.45) is 0 Å². The second kappa shape index (κ2) is 6.34. The van der Waals surface area contributed by atoms with Crippen LogP contribution in [0.4, 0.5) is 5.69 Å². The zero-order valence-electron chi connectivity index (χ0n) is 12.3. The average molecular weight is 295 g/mol. The summed E-state index contributed by atoms with van der Waals surface area (Å²) < 4.78 is 9.63. The van der Waals surface area contributed by atoms with Gasteiger partial charge in [0.2, 0.25) is 0 Å². The minimum Gasteiger partial charge on any atom is -0.469 e. The van der Waals surface area contributed by atoms with Crippen molar-refractivity contribution in [1.29, 1.82) is 0 Å². The molecule has 21 heavy (non-hydrogen) atoms. The fraction of sp³-hybridized carbons (Fsp3) is 0.429. The highest BCUT2D eigenvalue weighted by atomic mass is 16.6. The van der Waals surface area contributed by atoms with Gasteiger partial charge < -0.3 is 9.47 Å². The van der Waals surface area contributed by atoms with E-state index in [2.05, 4.69) is 4.74 Å². The molecule has 7 heteroatoms. The molecular formula is C14H17NO6. The van der Waals surface area contributed by atoms with Crippen molar-refractivity contribution >= 4 is 17.6 Å².